The molecule has 2 heteroatoms. The quantitative estimate of drug-likeness (QED) is 0.708. The second kappa shape index (κ2) is 3.46. The molecule has 0 spiro atoms. The Kier molecular flexibility index (Phi) is 2.10. The normalized spacial score (nSPS) is 14.2. The number of thiazole rings is 1. The molecule has 76 valence electrons. The van der Waals surface area contributed by atoms with E-state index in [0.29, 0.717) is 0 Å². The number of aromatic nitrogens is 1. The van der Waals surface area contributed by atoms with Gasteiger partial charge in [0.15, 0.2) is 0 Å². The topological polar surface area (TPSA) is 12.9 Å². The van der Waals surface area contributed by atoms with Gasteiger partial charge in [0, 0.05) is 10.4 Å². The van der Waals surface area contributed by atoms with Gasteiger partial charge in [-0.25, -0.2) is 4.98 Å². The Hall–Kier alpha value is -1.15. The lowest BCUT2D eigenvalue weighted by atomic mass is 10.0. The Morgan fingerprint density at radius 3 is 2.87 bits per heavy atom. The van der Waals surface area contributed by atoms with E-state index in [2.05, 4.69) is 30.1 Å². The van der Waals surface area contributed by atoms with Crippen molar-refractivity contribution in [3.05, 3.63) is 39.7 Å². The van der Waals surface area contributed by atoms with Crippen LogP contribution in [0.3, 0.4) is 0 Å². The molecule has 0 fully saturated rings. The zero-order valence-electron chi connectivity index (χ0n) is 8.79. The van der Waals surface area contributed by atoms with Crippen LogP contribution in [0.4, 0.5) is 0 Å². The van der Waals surface area contributed by atoms with Crippen molar-refractivity contribution in [3.8, 4) is 11.3 Å². The highest BCUT2D eigenvalue weighted by atomic mass is 32.1. The number of fused-ring (bicyclic) bond motifs is 1. The van der Waals surface area contributed by atoms with Crippen molar-refractivity contribution in [2.75, 3.05) is 0 Å². The van der Waals surface area contributed by atoms with Gasteiger partial charge < -0.3 is 0 Å². The van der Waals surface area contributed by atoms with E-state index in [4.69, 9.17) is 0 Å². The average Bonchev–Trinajstić information content (AvgIpc) is 2.84. The Labute approximate surface area is 93.8 Å². The van der Waals surface area contributed by atoms with E-state index in [0.717, 1.165) is 5.69 Å². The molecule has 1 aromatic heterocycles. The Morgan fingerprint density at radius 1 is 1.20 bits per heavy atom. The van der Waals surface area contributed by atoms with E-state index >= 15 is 0 Å². The molecule has 15 heavy (non-hydrogen) atoms. The van der Waals surface area contributed by atoms with Crippen molar-refractivity contribution in [1.82, 2.24) is 4.98 Å². The summed E-state index contributed by atoms with van der Waals surface area (Å²) < 4.78 is 0. The minimum atomic E-state index is 1.16. The molecular weight excluding hydrogens is 202 g/mol. The maximum absolute atomic E-state index is 4.43. The summed E-state index contributed by atoms with van der Waals surface area (Å²) in [7, 11) is 0. The maximum atomic E-state index is 4.43. The predicted octanol–water partition coefficient (Wildman–Crippen LogP) is 3.61. The van der Waals surface area contributed by atoms with Gasteiger partial charge in [0.1, 0.15) is 0 Å². The van der Waals surface area contributed by atoms with Gasteiger partial charge in [-0.15, -0.1) is 11.3 Å². The molecule has 0 atom stereocenters. The lowest BCUT2D eigenvalue weighted by molar-refractivity contribution is 0.912. The molecule has 1 aliphatic carbocycles. The van der Waals surface area contributed by atoms with Crippen LogP contribution >= 0.6 is 11.3 Å². The fraction of sp³-hybridized carbons (Fsp3) is 0.308. The van der Waals surface area contributed by atoms with Gasteiger partial charge in [0.2, 0.25) is 0 Å². The van der Waals surface area contributed by atoms with E-state index in [1.54, 1.807) is 11.3 Å². The number of hydrogen-bond donors (Lipinski definition) is 0. The Balaban J connectivity index is 2.11. The largest absolute Gasteiger partial charge is 0.244 e. The first-order valence-corrected chi connectivity index (χ1v) is 6.25. The summed E-state index contributed by atoms with van der Waals surface area (Å²) in [5, 5.41) is 0. The lowest BCUT2D eigenvalue weighted by Gasteiger charge is -2.03. The molecule has 0 aliphatic heterocycles. The van der Waals surface area contributed by atoms with Crippen molar-refractivity contribution in [2.45, 2.75) is 26.2 Å². The van der Waals surface area contributed by atoms with Crippen LogP contribution in [0.5, 0.6) is 0 Å². The monoisotopic (exact) mass is 215 g/mol. The van der Waals surface area contributed by atoms with E-state index in [1.807, 2.05) is 5.51 Å². The molecule has 1 nitrogen and oxygen atoms in total. The highest BCUT2D eigenvalue weighted by molar-refractivity contribution is 7.10. The standard InChI is InChI=1S/C13H13NS/c1-9-13(14-8-15-9)12-6-5-10-3-2-4-11(10)7-12/h5-8H,2-4H2,1H3. The highest BCUT2D eigenvalue weighted by Crippen LogP contribution is 2.29. The zero-order valence-corrected chi connectivity index (χ0v) is 9.60. The van der Waals surface area contributed by atoms with E-state index in [1.165, 1.54) is 40.8 Å². The van der Waals surface area contributed by atoms with Gasteiger partial charge in [-0.05, 0) is 43.4 Å². The first kappa shape index (κ1) is 9.10. The third-order valence-corrected chi connectivity index (χ3v) is 3.87. The van der Waals surface area contributed by atoms with E-state index in [-0.39, 0.29) is 0 Å². The number of aryl methyl sites for hydroxylation is 3. The van der Waals surface area contributed by atoms with Gasteiger partial charge in [-0.1, -0.05) is 12.1 Å². The molecular formula is C13H13NS. The van der Waals surface area contributed by atoms with Gasteiger partial charge in [0.05, 0.1) is 11.2 Å². The average molecular weight is 215 g/mol. The smallest absolute Gasteiger partial charge is 0.0840 e. The van der Waals surface area contributed by atoms with Crippen LogP contribution < -0.4 is 0 Å². The fourth-order valence-electron chi connectivity index (χ4n) is 2.30. The second-order valence-corrected chi connectivity index (χ2v) is 5.15. The molecule has 1 aromatic carbocycles. The van der Waals surface area contributed by atoms with Gasteiger partial charge >= 0.3 is 0 Å². The molecule has 0 amide bonds. The summed E-state index contributed by atoms with van der Waals surface area (Å²) in [6.45, 7) is 2.14. The first-order chi connectivity index (χ1) is 7.34. The third-order valence-electron chi connectivity index (χ3n) is 3.12. The molecule has 1 heterocycles. The second-order valence-electron chi connectivity index (χ2n) is 4.09. The van der Waals surface area contributed by atoms with Crippen molar-refractivity contribution in [1.29, 1.82) is 0 Å². The van der Waals surface area contributed by atoms with Crippen molar-refractivity contribution in [3.63, 3.8) is 0 Å². The molecule has 1 aliphatic rings. The van der Waals surface area contributed by atoms with Crippen LogP contribution in [0.2, 0.25) is 0 Å². The minimum absolute atomic E-state index is 1.16. The van der Waals surface area contributed by atoms with Crippen LogP contribution in [0.25, 0.3) is 11.3 Å². The minimum Gasteiger partial charge on any atom is -0.244 e. The van der Waals surface area contributed by atoms with Crippen LogP contribution in [0.15, 0.2) is 23.7 Å². The molecule has 0 radical (unpaired) electrons. The van der Waals surface area contributed by atoms with Gasteiger partial charge in [-0.3, -0.25) is 0 Å². The number of hydrogen-bond acceptors (Lipinski definition) is 2. The Bertz CT molecular complexity index is 499. The third kappa shape index (κ3) is 1.49. The fourth-order valence-corrected chi connectivity index (χ4v) is 2.90. The molecule has 0 bridgehead atoms. The molecule has 0 saturated heterocycles. The lowest BCUT2D eigenvalue weighted by Crippen LogP contribution is -1.85. The number of nitrogens with zero attached hydrogens (tertiary/aromatic N) is 1. The summed E-state index contributed by atoms with van der Waals surface area (Å²) in [6.07, 6.45) is 3.81. The summed E-state index contributed by atoms with van der Waals surface area (Å²) >= 11 is 1.72. The van der Waals surface area contributed by atoms with Crippen LogP contribution in [-0.2, 0) is 12.8 Å². The molecule has 3 rings (SSSR count). The number of benzene rings is 1. The summed E-state index contributed by atoms with van der Waals surface area (Å²) in [5.41, 5.74) is 7.44. The maximum Gasteiger partial charge on any atom is 0.0840 e. The summed E-state index contributed by atoms with van der Waals surface area (Å²) in [4.78, 5) is 5.74. The predicted molar refractivity (Wildman–Crippen MR) is 64.3 cm³/mol. The van der Waals surface area contributed by atoms with Crippen molar-refractivity contribution in [2.24, 2.45) is 0 Å². The molecule has 2 aromatic rings. The summed E-state index contributed by atoms with van der Waals surface area (Å²) in [5.74, 6) is 0. The highest BCUT2D eigenvalue weighted by Gasteiger charge is 2.12. The van der Waals surface area contributed by atoms with Crippen LogP contribution in [-0.4, -0.2) is 4.98 Å². The number of rotatable bonds is 1. The summed E-state index contributed by atoms with van der Waals surface area (Å²) in [6, 6.07) is 6.81. The van der Waals surface area contributed by atoms with E-state index < -0.39 is 0 Å². The molecule has 0 unspecified atom stereocenters. The SMILES string of the molecule is Cc1scnc1-c1ccc2c(c1)CCC2. The van der Waals surface area contributed by atoms with Gasteiger partial charge in [0.25, 0.3) is 0 Å². The Morgan fingerprint density at radius 2 is 2.07 bits per heavy atom. The van der Waals surface area contributed by atoms with Crippen LogP contribution in [0, 0.1) is 6.92 Å². The molecule has 0 N–H and O–H groups in total. The van der Waals surface area contributed by atoms with Gasteiger partial charge in [-0.2, -0.15) is 0 Å². The first-order valence-electron chi connectivity index (χ1n) is 5.37. The van der Waals surface area contributed by atoms with E-state index in [9.17, 15) is 0 Å². The van der Waals surface area contributed by atoms with Crippen molar-refractivity contribution >= 4 is 11.3 Å². The van der Waals surface area contributed by atoms with Crippen LogP contribution in [0.1, 0.15) is 22.4 Å². The van der Waals surface area contributed by atoms with Crippen molar-refractivity contribution < 1.29 is 0 Å². The zero-order chi connectivity index (χ0) is 10.3. The molecule has 0 saturated carbocycles.